The Hall–Kier alpha value is -2.11. The number of rotatable bonds is 1. The Bertz CT molecular complexity index is 393. The number of hydrazine groups is 1. The van der Waals surface area contributed by atoms with Crippen molar-refractivity contribution in [3.63, 3.8) is 0 Å². The van der Waals surface area contributed by atoms with E-state index in [1.165, 1.54) is 5.01 Å². The Kier molecular flexibility index (Phi) is 2.24. The molecule has 78 valence electrons. The third-order valence-corrected chi connectivity index (χ3v) is 2.11. The fraction of sp³-hybridized carbons (Fsp3) is 0.222. The zero-order valence-electron chi connectivity index (χ0n) is 7.83. The van der Waals surface area contributed by atoms with E-state index >= 15 is 0 Å². The van der Waals surface area contributed by atoms with Crippen LogP contribution in [0.1, 0.15) is 6.42 Å². The van der Waals surface area contributed by atoms with E-state index in [9.17, 15) is 9.59 Å². The number of hydrogen-bond donors (Lipinski definition) is 1. The van der Waals surface area contributed by atoms with Crippen molar-refractivity contribution in [2.75, 3.05) is 11.6 Å². The van der Waals surface area contributed by atoms with Crippen molar-refractivity contribution in [3.8, 4) is 0 Å². The lowest BCUT2D eigenvalue weighted by molar-refractivity contribution is -0.126. The number of carboxylic acid groups (broad SMARTS) is 1. The van der Waals surface area contributed by atoms with Gasteiger partial charge in [-0.15, -0.1) is 5.01 Å². The van der Waals surface area contributed by atoms with Crippen LogP contribution in [0.4, 0.5) is 10.6 Å². The maximum atomic E-state index is 11.3. The SMILES string of the molecule is O=C(O)N1C(=O)CCN1c1ccccn1. The Morgan fingerprint density at radius 1 is 1.47 bits per heavy atom. The molecule has 0 saturated carbocycles. The van der Waals surface area contributed by atoms with Gasteiger partial charge in [0, 0.05) is 12.6 Å². The molecule has 1 fully saturated rings. The van der Waals surface area contributed by atoms with E-state index in [1.54, 1.807) is 24.4 Å². The average Bonchev–Trinajstić information content (AvgIpc) is 2.61. The molecule has 0 spiro atoms. The van der Waals surface area contributed by atoms with Crippen LogP contribution < -0.4 is 5.01 Å². The summed E-state index contributed by atoms with van der Waals surface area (Å²) in [5.74, 6) is 0.0407. The third kappa shape index (κ3) is 1.61. The van der Waals surface area contributed by atoms with E-state index in [-0.39, 0.29) is 6.42 Å². The molecule has 1 aliphatic heterocycles. The van der Waals surface area contributed by atoms with Crippen LogP contribution in [0.2, 0.25) is 0 Å². The summed E-state index contributed by atoms with van der Waals surface area (Å²) in [5.41, 5.74) is 0. The average molecular weight is 207 g/mol. The van der Waals surface area contributed by atoms with Crippen molar-refractivity contribution in [1.29, 1.82) is 0 Å². The lowest BCUT2D eigenvalue weighted by Gasteiger charge is -2.23. The molecule has 1 saturated heterocycles. The first kappa shape index (κ1) is 9.45. The highest BCUT2D eigenvalue weighted by molar-refractivity contribution is 5.95. The molecule has 0 aliphatic carbocycles. The normalized spacial score (nSPS) is 15.9. The second kappa shape index (κ2) is 3.56. The molecule has 2 rings (SSSR count). The van der Waals surface area contributed by atoms with Gasteiger partial charge in [-0.05, 0) is 12.1 Å². The molecular formula is C9H9N3O3. The first-order chi connectivity index (χ1) is 7.20. The molecule has 0 unspecified atom stereocenters. The van der Waals surface area contributed by atoms with E-state index < -0.39 is 12.0 Å². The van der Waals surface area contributed by atoms with Gasteiger partial charge in [-0.3, -0.25) is 9.80 Å². The summed E-state index contributed by atoms with van der Waals surface area (Å²) in [6.07, 6.45) is 0.476. The second-order valence-electron chi connectivity index (χ2n) is 3.05. The molecule has 2 heterocycles. The zero-order chi connectivity index (χ0) is 10.8. The van der Waals surface area contributed by atoms with Crippen molar-refractivity contribution in [2.45, 2.75) is 6.42 Å². The number of pyridine rings is 1. The number of aromatic nitrogens is 1. The van der Waals surface area contributed by atoms with E-state index in [0.717, 1.165) is 0 Å². The van der Waals surface area contributed by atoms with Gasteiger partial charge < -0.3 is 5.11 Å². The van der Waals surface area contributed by atoms with Crippen LogP contribution in [0.3, 0.4) is 0 Å². The maximum Gasteiger partial charge on any atom is 0.433 e. The van der Waals surface area contributed by atoms with Crippen molar-refractivity contribution in [1.82, 2.24) is 9.99 Å². The van der Waals surface area contributed by atoms with Crippen molar-refractivity contribution in [3.05, 3.63) is 24.4 Å². The minimum atomic E-state index is -1.27. The van der Waals surface area contributed by atoms with E-state index in [1.807, 2.05) is 0 Å². The van der Waals surface area contributed by atoms with Gasteiger partial charge in [-0.1, -0.05) is 6.07 Å². The highest BCUT2D eigenvalue weighted by atomic mass is 16.4. The van der Waals surface area contributed by atoms with Gasteiger partial charge in [0.25, 0.3) is 5.91 Å². The molecule has 1 aliphatic rings. The number of nitrogens with zero attached hydrogens (tertiary/aromatic N) is 3. The lowest BCUT2D eigenvalue weighted by atomic mass is 10.4. The van der Waals surface area contributed by atoms with Gasteiger partial charge in [0.1, 0.15) is 5.82 Å². The van der Waals surface area contributed by atoms with Crippen LogP contribution in [-0.2, 0) is 4.79 Å². The largest absolute Gasteiger partial charge is 0.463 e. The summed E-state index contributed by atoms with van der Waals surface area (Å²) in [6, 6.07) is 5.13. The van der Waals surface area contributed by atoms with Gasteiger partial charge in [-0.25, -0.2) is 9.78 Å². The first-order valence-electron chi connectivity index (χ1n) is 4.44. The van der Waals surface area contributed by atoms with Gasteiger partial charge in [0.05, 0.1) is 6.54 Å². The highest BCUT2D eigenvalue weighted by Gasteiger charge is 2.34. The summed E-state index contributed by atoms with van der Waals surface area (Å²) in [6.45, 7) is 0.349. The number of hydrogen-bond acceptors (Lipinski definition) is 4. The van der Waals surface area contributed by atoms with Gasteiger partial charge in [0.15, 0.2) is 0 Å². The van der Waals surface area contributed by atoms with Crippen LogP contribution in [0.25, 0.3) is 0 Å². The topological polar surface area (TPSA) is 73.7 Å². The van der Waals surface area contributed by atoms with Crippen LogP contribution >= 0.6 is 0 Å². The fourth-order valence-corrected chi connectivity index (χ4v) is 1.48. The van der Waals surface area contributed by atoms with Crippen LogP contribution in [0.5, 0.6) is 0 Å². The van der Waals surface area contributed by atoms with Crippen molar-refractivity contribution in [2.24, 2.45) is 0 Å². The lowest BCUT2D eigenvalue weighted by Crippen LogP contribution is -2.43. The first-order valence-corrected chi connectivity index (χ1v) is 4.44. The van der Waals surface area contributed by atoms with Crippen LogP contribution in [0.15, 0.2) is 24.4 Å². The number of carbonyl (C=O) groups is 2. The zero-order valence-corrected chi connectivity index (χ0v) is 7.83. The standard InChI is InChI=1S/C9H9N3O3/c13-8-4-6-11(12(8)9(14)15)7-3-1-2-5-10-7/h1-3,5H,4,6H2,(H,14,15). The third-order valence-electron chi connectivity index (χ3n) is 2.11. The number of anilines is 1. The summed E-state index contributed by atoms with van der Waals surface area (Å²) in [5, 5.41) is 10.9. The summed E-state index contributed by atoms with van der Waals surface area (Å²) >= 11 is 0. The van der Waals surface area contributed by atoms with E-state index in [2.05, 4.69) is 4.98 Å². The van der Waals surface area contributed by atoms with Crippen molar-refractivity contribution < 1.29 is 14.7 Å². The minimum Gasteiger partial charge on any atom is -0.463 e. The smallest absolute Gasteiger partial charge is 0.433 e. The van der Waals surface area contributed by atoms with Crippen LogP contribution in [0, 0.1) is 0 Å². The van der Waals surface area contributed by atoms with Gasteiger partial charge >= 0.3 is 6.09 Å². The Morgan fingerprint density at radius 2 is 2.27 bits per heavy atom. The molecule has 15 heavy (non-hydrogen) atoms. The van der Waals surface area contributed by atoms with Gasteiger partial charge in [-0.2, -0.15) is 0 Å². The summed E-state index contributed by atoms with van der Waals surface area (Å²) in [4.78, 5) is 26.1. The quantitative estimate of drug-likeness (QED) is 0.734. The maximum absolute atomic E-state index is 11.3. The molecule has 0 aromatic carbocycles. The molecule has 1 N–H and O–H groups in total. The fourth-order valence-electron chi connectivity index (χ4n) is 1.48. The molecule has 1 aromatic rings. The Morgan fingerprint density at radius 3 is 2.87 bits per heavy atom. The monoisotopic (exact) mass is 207 g/mol. The summed E-state index contributed by atoms with van der Waals surface area (Å²) < 4.78 is 0. The number of amides is 2. The number of imide groups is 1. The summed E-state index contributed by atoms with van der Waals surface area (Å²) in [7, 11) is 0. The molecule has 6 heteroatoms. The highest BCUT2D eigenvalue weighted by Crippen LogP contribution is 2.19. The predicted molar refractivity (Wildman–Crippen MR) is 51.1 cm³/mol. The van der Waals surface area contributed by atoms with Gasteiger partial charge in [0.2, 0.25) is 0 Å². The van der Waals surface area contributed by atoms with Crippen molar-refractivity contribution >= 4 is 17.8 Å². The molecule has 2 amide bonds. The molecule has 1 aromatic heterocycles. The predicted octanol–water partition coefficient (Wildman–Crippen LogP) is 0.713. The Balaban J connectivity index is 2.30. The van der Waals surface area contributed by atoms with Crippen LogP contribution in [-0.4, -0.2) is 33.6 Å². The van der Waals surface area contributed by atoms with E-state index in [0.29, 0.717) is 17.4 Å². The molecule has 0 bridgehead atoms. The molecular weight excluding hydrogens is 198 g/mol. The number of carbonyl (C=O) groups excluding carboxylic acids is 1. The minimum absolute atomic E-state index is 0.197. The molecule has 0 radical (unpaired) electrons. The molecule has 6 nitrogen and oxygen atoms in total. The Labute approximate surface area is 85.7 Å². The van der Waals surface area contributed by atoms with E-state index in [4.69, 9.17) is 5.11 Å². The second-order valence-corrected chi connectivity index (χ2v) is 3.05. The molecule has 0 atom stereocenters.